The molecule has 1 saturated carbocycles. The van der Waals surface area contributed by atoms with Crippen molar-refractivity contribution in [3.05, 3.63) is 44.3 Å². The Morgan fingerprint density at radius 2 is 2.00 bits per heavy atom. The lowest BCUT2D eigenvalue weighted by Crippen LogP contribution is -2.39. The van der Waals surface area contributed by atoms with Gasteiger partial charge in [0.25, 0.3) is 0 Å². The number of carbonyl (C=O) groups excluding carboxylic acids is 1. The molecule has 2 aliphatic rings. The fourth-order valence-corrected chi connectivity index (χ4v) is 6.04. The Hall–Kier alpha value is -1.13. The monoisotopic (exact) mass is 359 g/mol. The highest BCUT2D eigenvalue weighted by Gasteiger charge is 2.33. The minimum Gasteiger partial charge on any atom is -0.330 e. The van der Waals surface area contributed by atoms with Crippen molar-refractivity contribution in [1.29, 1.82) is 0 Å². The van der Waals surface area contributed by atoms with Gasteiger partial charge in [-0.3, -0.25) is 4.79 Å². The second-order valence-electron chi connectivity index (χ2n) is 7.10. The van der Waals surface area contributed by atoms with Gasteiger partial charge >= 0.3 is 0 Å². The van der Waals surface area contributed by atoms with Gasteiger partial charge in [-0.15, -0.1) is 22.7 Å². The summed E-state index contributed by atoms with van der Waals surface area (Å²) in [6.07, 6.45) is 9.60. The van der Waals surface area contributed by atoms with Crippen LogP contribution in [0.25, 0.3) is 0 Å². The van der Waals surface area contributed by atoms with Crippen molar-refractivity contribution < 1.29 is 4.79 Å². The standard InChI is InChI=1S/C20H25NOS2/c22-19(9-8-15-5-2-1-3-6-15)21-12-10-17-16(11-14-24-17)20(21)18-7-4-13-23-18/h4,7,11,13-15,20H,1-3,5-6,8-10,12H2/t20-/m0/s1. The van der Waals surface area contributed by atoms with E-state index >= 15 is 0 Å². The average molecular weight is 360 g/mol. The molecule has 0 bridgehead atoms. The molecule has 1 fully saturated rings. The first kappa shape index (κ1) is 16.3. The van der Waals surface area contributed by atoms with E-state index in [0.717, 1.165) is 31.7 Å². The Labute approximate surface area is 152 Å². The summed E-state index contributed by atoms with van der Waals surface area (Å²) >= 11 is 3.62. The lowest BCUT2D eigenvalue weighted by molar-refractivity contribution is -0.133. The van der Waals surface area contributed by atoms with Gasteiger partial charge in [-0.1, -0.05) is 38.2 Å². The van der Waals surface area contributed by atoms with E-state index in [1.165, 1.54) is 47.4 Å². The van der Waals surface area contributed by atoms with Crippen molar-refractivity contribution in [1.82, 2.24) is 4.90 Å². The van der Waals surface area contributed by atoms with Gasteiger partial charge in [-0.05, 0) is 47.2 Å². The zero-order valence-electron chi connectivity index (χ0n) is 14.1. The molecule has 0 radical (unpaired) electrons. The molecule has 2 aromatic rings. The topological polar surface area (TPSA) is 20.3 Å². The van der Waals surface area contributed by atoms with Crippen LogP contribution in [0.5, 0.6) is 0 Å². The van der Waals surface area contributed by atoms with Gasteiger partial charge in [-0.2, -0.15) is 0 Å². The lowest BCUT2D eigenvalue weighted by Gasteiger charge is -2.36. The molecule has 4 heteroatoms. The second-order valence-corrected chi connectivity index (χ2v) is 9.08. The molecule has 128 valence electrons. The highest BCUT2D eigenvalue weighted by molar-refractivity contribution is 7.10. The molecule has 0 aromatic carbocycles. The number of carbonyl (C=O) groups is 1. The van der Waals surface area contributed by atoms with E-state index in [2.05, 4.69) is 33.9 Å². The molecule has 4 rings (SSSR count). The normalized spacial score (nSPS) is 21.7. The summed E-state index contributed by atoms with van der Waals surface area (Å²) in [5.41, 5.74) is 1.36. The summed E-state index contributed by atoms with van der Waals surface area (Å²) in [5.74, 6) is 1.14. The maximum Gasteiger partial charge on any atom is 0.223 e. The van der Waals surface area contributed by atoms with Crippen LogP contribution in [-0.2, 0) is 11.2 Å². The Morgan fingerprint density at radius 3 is 2.79 bits per heavy atom. The summed E-state index contributed by atoms with van der Waals surface area (Å²) in [7, 11) is 0. The van der Waals surface area contributed by atoms with E-state index < -0.39 is 0 Å². The summed E-state index contributed by atoms with van der Waals surface area (Å²) in [5, 5.41) is 4.31. The lowest BCUT2D eigenvalue weighted by atomic mass is 9.86. The number of nitrogens with zero attached hydrogens (tertiary/aromatic N) is 1. The first-order valence-electron chi connectivity index (χ1n) is 9.22. The van der Waals surface area contributed by atoms with Crippen LogP contribution in [0, 0.1) is 5.92 Å². The van der Waals surface area contributed by atoms with Crippen LogP contribution in [-0.4, -0.2) is 17.4 Å². The fraction of sp³-hybridized carbons (Fsp3) is 0.550. The summed E-state index contributed by atoms with van der Waals surface area (Å²) < 4.78 is 0. The third kappa shape index (κ3) is 3.31. The number of hydrogen-bond acceptors (Lipinski definition) is 3. The van der Waals surface area contributed by atoms with Crippen LogP contribution in [0.1, 0.15) is 66.3 Å². The Kier molecular flexibility index (Phi) is 5.04. The van der Waals surface area contributed by atoms with Crippen molar-refractivity contribution in [2.24, 2.45) is 5.92 Å². The van der Waals surface area contributed by atoms with E-state index in [1.54, 1.807) is 11.3 Å². The van der Waals surface area contributed by atoms with Gasteiger partial charge in [0.15, 0.2) is 0 Å². The largest absolute Gasteiger partial charge is 0.330 e. The predicted octanol–water partition coefficient (Wildman–Crippen LogP) is 5.64. The summed E-state index contributed by atoms with van der Waals surface area (Å²) in [6.45, 7) is 0.875. The van der Waals surface area contributed by atoms with Gasteiger partial charge in [0.2, 0.25) is 5.91 Å². The zero-order chi connectivity index (χ0) is 16.4. The molecule has 1 amide bonds. The van der Waals surface area contributed by atoms with E-state index in [9.17, 15) is 4.79 Å². The van der Waals surface area contributed by atoms with Gasteiger partial charge in [0, 0.05) is 22.7 Å². The van der Waals surface area contributed by atoms with Crippen molar-refractivity contribution in [2.75, 3.05) is 6.54 Å². The van der Waals surface area contributed by atoms with E-state index in [0.29, 0.717) is 5.91 Å². The molecule has 0 saturated heterocycles. The Balaban J connectivity index is 1.49. The zero-order valence-corrected chi connectivity index (χ0v) is 15.7. The average Bonchev–Trinajstić information content (AvgIpc) is 3.31. The molecule has 0 N–H and O–H groups in total. The molecule has 0 spiro atoms. The quantitative estimate of drug-likeness (QED) is 0.691. The highest BCUT2D eigenvalue weighted by atomic mass is 32.1. The van der Waals surface area contributed by atoms with E-state index in [4.69, 9.17) is 0 Å². The first-order valence-corrected chi connectivity index (χ1v) is 11.0. The molecule has 0 unspecified atom stereocenters. The van der Waals surface area contributed by atoms with Crippen LogP contribution in [0.2, 0.25) is 0 Å². The van der Waals surface area contributed by atoms with Crippen molar-refractivity contribution in [3.63, 3.8) is 0 Å². The predicted molar refractivity (Wildman–Crippen MR) is 102 cm³/mol. The summed E-state index contributed by atoms with van der Waals surface area (Å²) in [6, 6.07) is 6.67. The number of fused-ring (bicyclic) bond motifs is 1. The molecular weight excluding hydrogens is 334 g/mol. The number of hydrogen-bond donors (Lipinski definition) is 0. The van der Waals surface area contributed by atoms with Crippen LogP contribution < -0.4 is 0 Å². The molecule has 24 heavy (non-hydrogen) atoms. The number of thiophene rings is 2. The molecule has 2 nitrogen and oxygen atoms in total. The Morgan fingerprint density at radius 1 is 1.12 bits per heavy atom. The van der Waals surface area contributed by atoms with E-state index in [-0.39, 0.29) is 6.04 Å². The van der Waals surface area contributed by atoms with Crippen molar-refractivity contribution in [3.8, 4) is 0 Å². The third-order valence-corrected chi connectivity index (χ3v) is 7.51. The van der Waals surface area contributed by atoms with Crippen molar-refractivity contribution >= 4 is 28.6 Å². The fourth-order valence-electron chi connectivity index (χ4n) is 4.29. The van der Waals surface area contributed by atoms with Crippen LogP contribution >= 0.6 is 22.7 Å². The molecule has 1 atom stereocenters. The van der Waals surface area contributed by atoms with Crippen LogP contribution in [0.3, 0.4) is 0 Å². The van der Waals surface area contributed by atoms with Crippen LogP contribution in [0.15, 0.2) is 29.0 Å². The molecule has 1 aliphatic heterocycles. The van der Waals surface area contributed by atoms with Gasteiger partial charge in [0.1, 0.15) is 0 Å². The molecule has 1 aliphatic carbocycles. The first-order chi connectivity index (χ1) is 11.8. The maximum absolute atomic E-state index is 13.0. The Bertz CT molecular complexity index is 670. The smallest absolute Gasteiger partial charge is 0.223 e. The van der Waals surface area contributed by atoms with Gasteiger partial charge < -0.3 is 4.90 Å². The van der Waals surface area contributed by atoms with Gasteiger partial charge in [0.05, 0.1) is 6.04 Å². The number of amides is 1. The third-order valence-electron chi connectivity index (χ3n) is 5.59. The number of rotatable bonds is 4. The minimum absolute atomic E-state index is 0.152. The van der Waals surface area contributed by atoms with Gasteiger partial charge in [-0.25, -0.2) is 0 Å². The minimum atomic E-state index is 0.152. The van der Waals surface area contributed by atoms with E-state index in [1.807, 2.05) is 11.3 Å². The molecular formula is C20H25NOS2. The SMILES string of the molecule is O=C(CCC1CCCCC1)N1CCc2sccc2[C@H]1c1cccs1. The maximum atomic E-state index is 13.0. The van der Waals surface area contributed by atoms with Crippen LogP contribution in [0.4, 0.5) is 0 Å². The molecule has 2 aromatic heterocycles. The molecule has 3 heterocycles. The van der Waals surface area contributed by atoms with Crippen molar-refractivity contribution in [2.45, 2.75) is 57.4 Å². The summed E-state index contributed by atoms with van der Waals surface area (Å²) in [4.78, 5) is 17.9. The highest BCUT2D eigenvalue weighted by Crippen LogP contribution is 2.40. The second kappa shape index (κ2) is 7.40.